The van der Waals surface area contributed by atoms with E-state index in [9.17, 15) is 8.42 Å². The van der Waals surface area contributed by atoms with Crippen LogP contribution in [0.25, 0.3) is 0 Å². The molecule has 0 aliphatic heterocycles. The van der Waals surface area contributed by atoms with E-state index in [1.807, 2.05) is 30.3 Å². The normalized spacial score (nSPS) is 12.0. The molecule has 2 rings (SSSR count). The van der Waals surface area contributed by atoms with E-state index < -0.39 is 10.0 Å². The molecule has 1 aromatic heterocycles. The Balaban J connectivity index is 2.29. The van der Waals surface area contributed by atoms with Gasteiger partial charge in [-0.2, -0.15) is 9.40 Å². The van der Waals surface area contributed by atoms with E-state index in [-0.39, 0.29) is 18.0 Å². The second-order valence-corrected chi connectivity index (χ2v) is 6.89. The van der Waals surface area contributed by atoms with Crippen LogP contribution in [0.15, 0.2) is 41.4 Å². The van der Waals surface area contributed by atoms with Crippen LogP contribution in [0.5, 0.6) is 0 Å². The molecule has 1 N–H and O–H groups in total. The Hall–Kier alpha value is -1.70. The van der Waals surface area contributed by atoms with E-state index in [4.69, 9.17) is 5.11 Å². The van der Waals surface area contributed by atoms with Gasteiger partial charge in [-0.1, -0.05) is 37.3 Å². The zero-order valence-corrected chi connectivity index (χ0v) is 13.6. The van der Waals surface area contributed by atoms with Crippen LogP contribution in [0.4, 0.5) is 0 Å². The molecule has 0 atom stereocenters. The van der Waals surface area contributed by atoms with Gasteiger partial charge in [0, 0.05) is 19.3 Å². The maximum absolute atomic E-state index is 12.6. The van der Waals surface area contributed by atoms with Crippen LogP contribution in [0.2, 0.25) is 0 Å². The van der Waals surface area contributed by atoms with Gasteiger partial charge in [0.1, 0.15) is 4.90 Å². The lowest BCUT2D eigenvalue weighted by molar-refractivity contribution is 0.257. The fourth-order valence-electron chi connectivity index (χ4n) is 2.30. The first-order valence-corrected chi connectivity index (χ1v) is 8.62. The van der Waals surface area contributed by atoms with Crippen molar-refractivity contribution in [1.82, 2.24) is 14.1 Å². The summed E-state index contributed by atoms with van der Waals surface area (Å²) in [6, 6.07) is 9.74. The van der Waals surface area contributed by atoms with Crippen molar-refractivity contribution in [2.45, 2.75) is 25.3 Å². The van der Waals surface area contributed by atoms with Gasteiger partial charge < -0.3 is 5.11 Å². The molecule has 0 bridgehead atoms. The summed E-state index contributed by atoms with van der Waals surface area (Å²) in [5, 5.41) is 13.3. The van der Waals surface area contributed by atoms with Crippen LogP contribution < -0.4 is 0 Å². The smallest absolute Gasteiger partial charge is 0.246 e. The van der Waals surface area contributed by atoms with Gasteiger partial charge in [-0.25, -0.2) is 8.42 Å². The van der Waals surface area contributed by atoms with E-state index in [2.05, 4.69) is 5.10 Å². The van der Waals surface area contributed by atoms with Gasteiger partial charge >= 0.3 is 0 Å². The molecule has 0 fully saturated rings. The first-order valence-electron chi connectivity index (χ1n) is 7.18. The molecule has 0 saturated carbocycles. The second kappa shape index (κ2) is 7.04. The van der Waals surface area contributed by atoms with Crippen molar-refractivity contribution in [3.05, 3.63) is 47.8 Å². The topological polar surface area (TPSA) is 75.4 Å². The van der Waals surface area contributed by atoms with Crippen molar-refractivity contribution < 1.29 is 13.5 Å². The van der Waals surface area contributed by atoms with Crippen molar-refractivity contribution in [1.29, 1.82) is 0 Å². The molecule has 0 spiro atoms. The van der Waals surface area contributed by atoms with E-state index in [1.54, 1.807) is 24.7 Å². The van der Waals surface area contributed by atoms with Crippen LogP contribution >= 0.6 is 0 Å². The number of benzene rings is 1. The highest BCUT2D eigenvalue weighted by atomic mass is 32.2. The summed E-state index contributed by atoms with van der Waals surface area (Å²) >= 11 is 0. The lowest BCUT2D eigenvalue weighted by Crippen LogP contribution is -2.33. The van der Waals surface area contributed by atoms with Gasteiger partial charge in [-0.3, -0.25) is 4.68 Å². The largest absolute Gasteiger partial charge is 0.395 e. The summed E-state index contributed by atoms with van der Waals surface area (Å²) in [6.07, 6.45) is 1.55. The molecule has 2 aromatic rings. The van der Waals surface area contributed by atoms with Gasteiger partial charge in [-0.05, 0) is 12.5 Å². The first-order chi connectivity index (χ1) is 10.5. The minimum Gasteiger partial charge on any atom is -0.395 e. The predicted molar refractivity (Wildman–Crippen MR) is 84.0 cm³/mol. The number of rotatable bonds is 7. The zero-order chi connectivity index (χ0) is 16.2. The number of hydrogen-bond donors (Lipinski definition) is 1. The average molecular weight is 323 g/mol. The quantitative estimate of drug-likeness (QED) is 0.832. The Bertz CT molecular complexity index is 711. The summed E-state index contributed by atoms with van der Waals surface area (Å²) in [6.45, 7) is 4.14. The number of aryl methyl sites for hydroxylation is 1. The molecule has 0 amide bonds. The minimum atomic E-state index is -3.63. The summed E-state index contributed by atoms with van der Waals surface area (Å²) in [4.78, 5) is 0.193. The number of likely N-dealkylation sites (N-methyl/N-ethyl adjacent to an activating group) is 1. The van der Waals surface area contributed by atoms with Crippen LogP contribution in [0.3, 0.4) is 0 Å². The Kier molecular flexibility index (Phi) is 5.33. The van der Waals surface area contributed by atoms with Crippen LogP contribution in [0.1, 0.15) is 18.2 Å². The first kappa shape index (κ1) is 16.7. The van der Waals surface area contributed by atoms with E-state index in [0.29, 0.717) is 18.8 Å². The Morgan fingerprint density at radius 1 is 1.27 bits per heavy atom. The lowest BCUT2D eigenvalue weighted by Gasteiger charge is -2.18. The average Bonchev–Trinajstić information content (AvgIpc) is 2.87. The molecule has 1 heterocycles. The maximum Gasteiger partial charge on any atom is 0.246 e. The van der Waals surface area contributed by atoms with E-state index in [1.165, 1.54) is 4.31 Å². The summed E-state index contributed by atoms with van der Waals surface area (Å²) in [5.41, 5.74) is 1.52. The van der Waals surface area contributed by atoms with Crippen LogP contribution in [0, 0.1) is 6.92 Å². The van der Waals surface area contributed by atoms with Gasteiger partial charge in [0.05, 0.1) is 18.8 Å². The lowest BCUT2D eigenvalue weighted by atomic mass is 10.2. The van der Waals surface area contributed by atoms with Gasteiger partial charge in [0.15, 0.2) is 0 Å². The van der Waals surface area contributed by atoms with Crippen molar-refractivity contribution in [3.63, 3.8) is 0 Å². The van der Waals surface area contributed by atoms with E-state index in [0.717, 1.165) is 5.56 Å². The number of aliphatic hydroxyl groups excluding tert-OH is 1. The Morgan fingerprint density at radius 3 is 2.55 bits per heavy atom. The number of aliphatic hydroxyl groups is 1. The van der Waals surface area contributed by atoms with Gasteiger partial charge in [0.2, 0.25) is 10.0 Å². The molecule has 120 valence electrons. The molecule has 7 heteroatoms. The van der Waals surface area contributed by atoms with Crippen LogP contribution in [-0.2, 0) is 16.6 Å². The number of sulfonamides is 1. The number of aromatic nitrogens is 2. The van der Waals surface area contributed by atoms with Crippen molar-refractivity contribution in [3.8, 4) is 0 Å². The van der Waals surface area contributed by atoms with Gasteiger partial charge in [-0.15, -0.1) is 0 Å². The minimum absolute atomic E-state index is 0.0855. The third-order valence-electron chi connectivity index (χ3n) is 3.41. The molecule has 0 aliphatic carbocycles. The predicted octanol–water partition coefficient (Wildman–Crippen LogP) is 1.24. The van der Waals surface area contributed by atoms with Crippen molar-refractivity contribution in [2.75, 3.05) is 19.7 Å². The highest BCUT2D eigenvalue weighted by molar-refractivity contribution is 7.89. The second-order valence-electron chi connectivity index (χ2n) is 4.98. The van der Waals surface area contributed by atoms with E-state index >= 15 is 0 Å². The molecule has 0 aliphatic rings. The Labute approximate surface area is 131 Å². The fourth-order valence-corrected chi connectivity index (χ4v) is 3.91. The molecule has 6 nitrogen and oxygen atoms in total. The highest BCUT2D eigenvalue weighted by Gasteiger charge is 2.26. The van der Waals surface area contributed by atoms with Crippen molar-refractivity contribution in [2.24, 2.45) is 0 Å². The molecule has 0 unspecified atom stereocenters. The molecule has 22 heavy (non-hydrogen) atoms. The number of nitrogens with zero attached hydrogens (tertiary/aromatic N) is 3. The highest BCUT2D eigenvalue weighted by Crippen LogP contribution is 2.19. The third-order valence-corrected chi connectivity index (χ3v) is 5.49. The summed E-state index contributed by atoms with van der Waals surface area (Å²) in [5.74, 6) is 0. The molecule has 1 aromatic carbocycles. The molecular weight excluding hydrogens is 302 g/mol. The summed E-state index contributed by atoms with van der Waals surface area (Å²) < 4.78 is 28.1. The molecular formula is C15H21N3O3S. The fraction of sp³-hybridized carbons (Fsp3) is 0.400. The third kappa shape index (κ3) is 3.55. The SMILES string of the molecule is CCN(CCO)S(=O)(=O)c1cn(Cc2ccccc2)nc1C. The zero-order valence-electron chi connectivity index (χ0n) is 12.8. The molecule has 0 radical (unpaired) electrons. The maximum atomic E-state index is 12.6. The number of hydrogen-bond acceptors (Lipinski definition) is 4. The Morgan fingerprint density at radius 2 is 1.95 bits per heavy atom. The van der Waals surface area contributed by atoms with Gasteiger partial charge in [0.25, 0.3) is 0 Å². The van der Waals surface area contributed by atoms with Crippen LogP contribution in [-0.4, -0.2) is 47.3 Å². The monoisotopic (exact) mass is 323 g/mol. The van der Waals surface area contributed by atoms with Crippen molar-refractivity contribution >= 4 is 10.0 Å². The molecule has 0 saturated heterocycles. The standard InChI is InChI=1S/C15H21N3O3S/c1-3-18(9-10-19)22(20,21)15-12-17(16-13(15)2)11-14-7-5-4-6-8-14/h4-8,12,19H,3,9-11H2,1-2H3. The summed E-state index contributed by atoms with van der Waals surface area (Å²) in [7, 11) is -3.63.